The van der Waals surface area contributed by atoms with Gasteiger partial charge in [-0.2, -0.15) is 0 Å². The van der Waals surface area contributed by atoms with Gasteiger partial charge in [0.15, 0.2) is 0 Å². The predicted octanol–water partition coefficient (Wildman–Crippen LogP) is 3.31. The Hall–Kier alpha value is -0.830. The number of carboxylic acid groups (broad SMARTS) is 1. The van der Waals surface area contributed by atoms with Crippen LogP contribution in [0.3, 0.4) is 0 Å². The highest BCUT2D eigenvalue weighted by atomic mass is 16.4. The molecule has 0 aromatic heterocycles. The fraction of sp³-hybridized carbons (Fsp3) is 0.800. The average Bonchev–Trinajstić information content (AvgIpc) is 2.39. The van der Waals surface area contributed by atoms with Crippen LogP contribution in [0.5, 0.6) is 0 Å². The van der Waals surface area contributed by atoms with Crippen molar-refractivity contribution in [3.8, 4) is 0 Å². The Morgan fingerprint density at radius 3 is 2.50 bits per heavy atom. The van der Waals surface area contributed by atoms with Gasteiger partial charge in [-0.05, 0) is 58.2 Å². The molecule has 1 fully saturated rings. The van der Waals surface area contributed by atoms with Crippen LogP contribution in [0.1, 0.15) is 51.9 Å². The first-order chi connectivity index (χ1) is 8.64. The van der Waals surface area contributed by atoms with Crippen molar-refractivity contribution in [3.63, 3.8) is 0 Å². The smallest absolute Gasteiger partial charge is 0.309 e. The minimum atomic E-state index is -0.601. The highest BCUT2D eigenvalue weighted by molar-refractivity contribution is 5.74. The average molecular weight is 253 g/mol. The number of piperidine rings is 1. The van der Waals surface area contributed by atoms with E-state index in [4.69, 9.17) is 0 Å². The summed E-state index contributed by atoms with van der Waals surface area (Å²) in [5.74, 6) is -0.601. The minimum Gasteiger partial charge on any atom is -0.481 e. The number of aliphatic carboxylic acids is 1. The molecule has 0 spiro atoms. The summed E-state index contributed by atoms with van der Waals surface area (Å²) in [6, 6.07) is 0. The lowest BCUT2D eigenvalue weighted by Crippen LogP contribution is -2.44. The fourth-order valence-electron chi connectivity index (χ4n) is 2.72. The lowest BCUT2D eigenvalue weighted by atomic mass is 9.76. The van der Waals surface area contributed by atoms with Crippen molar-refractivity contribution in [2.75, 3.05) is 19.6 Å². The highest BCUT2D eigenvalue weighted by Crippen LogP contribution is 2.35. The van der Waals surface area contributed by atoms with Crippen molar-refractivity contribution in [1.29, 1.82) is 0 Å². The van der Waals surface area contributed by atoms with Crippen molar-refractivity contribution in [2.24, 2.45) is 5.41 Å². The van der Waals surface area contributed by atoms with Gasteiger partial charge in [0.2, 0.25) is 0 Å². The van der Waals surface area contributed by atoms with Gasteiger partial charge in [0.1, 0.15) is 0 Å². The number of likely N-dealkylation sites (tertiary alicyclic amines) is 1. The molecule has 0 radical (unpaired) electrons. The SMILES string of the molecule is C=CCCCCCN1CCC(CC)(C(=O)O)CC1. The molecule has 104 valence electrons. The number of carbonyl (C=O) groups is 1. The van der Waals surface area contributed by atoms with Gasteiger partial charge in [-0.1, -0.05) is 19.4 Å². The van der Waals surface area contributed by atoms with Crippen molar-refractivity contribution >= 4 is 5.97 Å². The van der Waals surface area contributed by atoms with E-state index in [2.05, 4.69) is 11.5 Å². The number of nitrogens with zero attached hydrogens (tertiary/aromatic N) is 1. The third-order valence-corrected chi connectivity index (χ3v) is 4.33. The molecule has 18 heavy (non-hydrogen) atoms. The molecule has 0 bridgehead atoms. The van der Waals surface area contributed by atoms with Crippen LogP contribution < -0.4 is 0 Å². The number of unbranched alkanes of at least 4 members (excludes halogenated alkanes) is 3. The maximum absolute atomic E-state index is 11.3. The molecule has 0 saturated carbocycles. The van der Waals surface area contributed by atoms with E-state index in [1.807, 2.05) is 13.0 Å². The van der Waals surface area contributed by atoms with Crippen molar-refractivity contribution < 1.29 is 9.90 Å². The summed E-state index contributed by atoms with van der Waals surface area (Å²) in [5.41, 5.74) is -0.445. The van der Waals surface area contributed by atoms with Gasteiger partial charge >= 0.3 is 5.97 Å². The van der Waals surface area contributed by atoms with Gasteiger partial charge in [0, 0.05) is 0 Å². The molecule has 0 aromatic carbocycles. The normalized spacial score (nSPS) is 19.6. The number of hydrogen-bond donors (Lipinski definition) is 1. The molecular weight excluding hydrogens is 226 g/mol. The van der Waals surface area contributed by atoms with Crippen molar-refractivity contribution in [1.82, 2.24) is 4.90 Å². The summed E-state index contributed by atoms with van der Waals surface area (Å²) >= 11 is 0. The summed E-state index contributed by atoms with van der Waals surface area (Å²) in [6.45, 7) is 8.74. The quantitative estimate of drug-likeness (QED) is 0.533. The molecule has 1 saturated heterocycles. The predicted molar refractivity (Wildman–Crippen MR) is 74.7 cm³/mol. The van der Waals surface area contributed by atoms with Crippen LogP contribution in [0.15, 0.2) is 12.7 Å². The number of rotatable bonds is 8. The van der Waals surface area contributed by atoms with Crippen LogP contribution in [-0.2, 0) is 4.79 Å². The van der Waals surface area contributed by atoms with E-state index in [0.717, 1.165) is 45.3 Å². The lowest BCUT2D eigenvalue weighted by molar-refractivity contribution is -0.152. The second kappa shape index (κ2) is 7.57. The zero-order valence-corrected chi connectivity index (χ0v) is 11.7. The molecule has 1 N–H and O–H groups in total. The molecule has 0 amide bonds. The second-order valence-corrected chi connectivity index (χ2v) is 5.42. The standard InChI is InChI=1S/C15H27NO2/c1-3-5-6-7-8-11-16-12-9-15(4-2,10-13-16)14(17)18/h3H,1,4-13H2,2H3,(H,17,18). The number of carboxylic acids is 1. The Kier molecular flexibility index (Phi) is 6.41. The Balaban J connectivity index is 2.22. The molecule has 0 aromatic rings. The van der Waals surface area contributed by atoms with E-state index in [9.17, 15) is 9.90 Å². The molecule has 1 rings (SSSR count). The summed E-state index contributed by atoms with van der Waals surface area (Å²) in [7, 11) is 0. The van der Waals surface area contributed by atoms with Crippen molar-refractivity contribution in [2.45, 2.75) is 51.9 Å². The first-order valence-electron chi connectivity index (χ1n) is 7.21. The second-order valence-electron chi connectivity index (χ2n) is 5.42. The largest absolute Gasteiger partial charge is 0.481 e. The van der Waals surface area contributed by atoms with E-state index in [1.165, 1.54) is 19.3 Å². The molecule has 1 heterocycles. The van der Waals surface area contributed by atoms with Crippen LogP contribution in [-0.4, -0.2) is 35.6 Å². The lowest BCUT2D eigenvalue weighted by Gasteiger charge is -2.38. The monoisotopic (exact) mass is 253 g/mol. The van der Waals surface area contributed by atoms with E-state index >= 15 is 0 Å². The number of allylic oxidation sites excluding steroid dienone is 1. The summed E-state index contributed by atoms with van der Waals surface area (Å²) in [5, 5.41) is 9.32. The Morgan fingerprint density at radius 1 is 1.33 bits per heavy atom. The zero-order chi connectivity index (χ0) is 13.4. The van der Waals surface area contributed by atoms with Crippen LogP contribution >= 0.6 is 0 Å². The third kappa shape index (κ3) is 4.13. The van der Waals surface area contributed by atoms with Gasteiger partial charge < -0.3 is 10.0 Å². The molecule has 0 aliphatic carbocycles. The first-order valence-corrected chi connectivity index (χ1v) is 7.21. The Bertz CT molecular complexity index is 268. The van der Waals surface area contributed by atoms with E-state index in [-0.39, 0.29) is 0 Å². The van der Waals surface area contributed by atoms with Gasteiger partial charge in [0.25, 0.3) is 0 Å². The molecular formula is C15H27NO2. The Labute approximate surface area is 111 Å². The first kappa shape index (κ1) is 15.2. The van der Waals surface area contributed by atoms with E-state index in [1.54, 1.807) is 0 Å². The summed E-state index contributed by atoms with van der Waals surface area (Å²) < 4.78 is 0. The van der Waals surface area contributed by atoms with Gasteiger partial charge in [0.05, 0.1) is 5.41 Å². The molecule has 0 atom stereocenters. The molecule has 1 aliphatic rings. The maximum Gasteiger partial charge on any atom is 0.309 e. The van der Waals surface area contributed by atoms with Gasteiger partial charge in [-0.15, -0.1) is 6.58 Å². The van der Waals surface area contributed by atoms with Crippen molar-refractivity contribution in [3.05, 3.63) is 12.7 Å². The van der Waals surface area contributed by atoms with Gasteiger partial charge in [-0.3, -0.25) is 4.79 Å². The minimum absolute atomic E-state index is 0.445. The summed E-state index contributed by atoms with van der Waals surface area (Å²) in [4.78, 5) is 13.7. The van der Waals surface area contributed by atoms with Crippen LogP contribution in [0.25, 0.3) is 0 Å². The fourth-order valence-corrected chi connectivity index (χ4v) is 2.72. The molecule has 1 aliphatic heterocycles. The Morgan fingerprint density at radius 2 is 2.00 bits per heavy atom. The molecule has 3 nitrogen and oxygen atoms in total. The third-order valence-electron chi connectivity index (χ3n) is 4.33. The van der Waals surface area contributed by atoms with E-state index in [0.29, 0.717) is 0 Å². The zero-order valence-electron chi connectivity index (χ0n) is 11.7. The number of hydrogen-bond acceptors (Lipinski definition) is 2. The molecule has 0 unspecified atom stereocenters. The maximum atomic E-state index is 11.3. The van der Waals surface area contributed by atoms with Gasteiger partial charge in [-0.25, -0.2) is 0 Å². The summed E-state index contributed by atoms with van der Waals surface area (Å²) in [6.07, 6.45) is 9.17. The highest BCUT2D eigenvalue weighted by Gasteiger charge is 2.39. The van der Waals surface area contributed by atoms with Crippen LogP contribution in [0.4, 0.5) is 0 Å². The van der Waals surface area contributed by atoms with E-state index < -0.39 is 11.4 Å². The van der Waals surface area contributed by atoms with Crippen LogP contribution in [0.2, 0.25) is 0 Å². The van der Waals surface area contributed by atoms with Crippen LogP contribution in [0, 0.1) is 5.41 Å². The molecule has 3 heteroatoms. The topological polar surface area (TPSA) is 40.5 Å².